The van der Waals surface area contributed by atoms with Gasteiger partial charge in [-0.15, -0.1) is 0 Å². The molecule has 90 valence electrons. The highest BCUT2D eigenvalue weighted by molar-refractivity contribution is 7.99. The molecule has 2 N–H and O–H groups in total. The van der Waals surface area contributed by atoms with Crippen molar-refractivity contribution in [1.82, 2.24) is 4.98 Å². The van der Waals surface area contributed by atoms with Gasteiger partial charge in [-0.1, -0.05) is 23.4 Å². The number of halogens is 4. The van der Waals surface area contributed by atoms with Gasteiger partial charge < -0.3 is 5.73 Å². The van der Waals surface area contributed by atoms with Crippen LogP contribution in [0.4, 0.5) is 13.2 Å². The Morgan fingerprint density at radius 2 is 2.12 bits per heavy atom. The minimum absolute atomic E-state index is 0.00916. The molecule has 1 rings (SSSR count). The summed E-state index contributed by atoms with van der Waals surface area (Å²) in [6.07, 6.45) is -3.08. The van der Waals surface area contributed by atoms with Crippen molar-refractivity contribution in [1.29, 1.82) is 0 Å². The summed E-state index contributed by atoms with van der Waals surface area (Å²) in [6.45, 7) is -0.00916. The van der Waals surface area contributed by atoms with Gasteiger partial charge in [-0.3, -0.25) is 0 Å². The molecule has 1 aromatic heterocycles. The van der Waals surface area contributed by atoms with Crippen molar-refractivity contribution in [2.75, 3.05) is 6.54 Å². The first-order chi connectivity index (χ1) is 7.43. The van der Waals surface area contributed by atoms with E-state index in [9.17, 15) is 13.2 Å². The third-order valence-corrected chi connectivity index (χ3v) is 3.25. The maximum Gasteiger partial charge on any atom is 0.401 e. The van der Waals surface area contributed by atoms with E-state index in [1.165, 1.54) is 18.3 Å². The lowest BCUT2D eigenvalue weighted by Crippen LogP contribution is -2.28. The molecule has 1 atom stereocenters. The smallest absolute Gasteiger partial charge is 0.330 e. The van der Waals surface area contributed by atoms with Crippen molar-refractivity contribution in [2.45, 2.75) is 22.9 Å². The molecule has 7 heteroatoms. The van der Waals surface area contributed by atoms with Gasteiger partial charge in [0.25, 0.3) is 0 Å². The average Bonchev–Trinajstić information content (AvgIpc) is 2.19. The monoisotopic (exact) mass is 270 g/mol. The normalized spacial score (nSPS) is 13.8. The summed E-state index contributed by atoms with van der Waals surface area (Å²) in [5.74, 6) is 0. The maximum absolute atomic E-state index is 12.5. The van der Waals surface area contributed by atoms with E-state index in [-0.39, 0.29) is 13.0 Å². The van der Waals surface area contributed by atoms with E-state index in [0.717, 1.165) is 0 Å². The van der Waals surface area contributed by atoms with Crippen molar-refractivity contribution in [3.05, 3.63) is 23.4 Å². The molecule has 16 heavy (non-hydrogen) atoms. The quantitative estimate of drug-likeness (QED) is 0.855. The van der Waals surface area contributed by atoms with Crippen molar-refractivity contribution >= 4 is 23.4 Å². The second-order valence-corrected chi connectivity index (χ2v) is 4.70. The number of hydrogen-bond donors (Lipinski definition) is 1. The van der Waals surface area contributed by atoms with Crippen LogP contribution in [0.2, 0.25) is 5.02 Å². The van der Waals surface area contributed by atoms with Gasteiger partial charge in [-0.05, 0) is 25.1 Å². The van der Waals surface area contributed by atoms with Crippen molar-refractivity contribution in [2.24, 2.45) is 5.73 Å². The average molecular weight is 271 g/mol. The Morgan fingerprint density at radius 3 is 2.56 bits per heavy atom. The number of hydrogen-bond acceptors (Lipinski definition) is 3. The number of nitrogens with two attached hydrogens (primary N) is 1. The van der Waals surface area contributed by atoms with Crippen LogP contribution in [-0.2, 0) is 0 Å². The number of thioether (sulfide) groups is 1. The van der Waals surface area contributed by atoms with E-state index in [1.807, 2.05) is 0 Å². The molecule has 0 aromatic carbocycles. The zero-order chi connectivity index (χ0) is 12.2. The molecule has 0 radical (unpaired) electrons. The molecule has 1 heterocycles. The van der Waals surface area contributed by atoms with Crippen LogP contribution in [0.25, 0.3) is 0 Å². The fourth-order valence-corrected chi connectivity index (χ4v) is 2.07. The minimum Gasteiger partial charge on any atom is -0.330 e. The molecular weight excluding hydrogens is 261 g/mol. The first kappa shape index (κ1) is 13.6. The van der Waals surface area contributed by atoms with Crippen LogP contribution in [0.15, 0.2) is 23.4 Å². The lowest BCUT2D eigenvalue weighted by molar-refractivity contribution is -0.129. The molecule has 0 spiro atoms. The molecule has 0 aliphatic heterocycles. The van der Waals surface area contributed by atoms with Gasteiger partial charge in [0.1, 0.15) is 5.25 Å². The van der Waals surface area contributed by atoms with Crippen LogP contribution in [0.3, 0.4) is 0 Å². The Hall–Kier alpha value is -0.460. The zero-order valence-corrected chi connectivity index (χ0v) is 9.74. The van der Waals surface area contributed by atoms with E-state index in [4.69, 9.17) is 17.3 Å². The van der Waals surface area contributed by atoms with Gasteiger partial charge in [-0.2, -0.15) is 13.2 Å². The fourth-order valence-electron chi connectivity index (χ4n) is 1.02. The number of pyridine rings is 1. The van der Waals surface area contributed by atoms with E-state index in [1.54, 1.807) is 0 Å². The van der Waals surface area contributed by atoms with E-state index in [0.29, 0.717) is 21.8 Å². The molecule has 1 unspecified atom stereocenters. The van der Waals surface area contributed by atoms with E-state index >= 15 is 0 Å². The third kappa shape index (κ3) is 4.19. The van der Waals surface area contributed by atoms with Crippen LogP contribution < -0.4 is 5.73 Å². The summed E-state index contributed by atoms with van der Waals surface area (Å²) >= 11 is 6.24. The highest BCUT2D eigenvalue weighted by Crippen LogP contribution is 2.36. The fraction of sp³-hybridized carbons (Fsp3) is 0.444. The molecule has 0 amide bonds. The van der Waals surface area contributed by atoms with Crippen LogP contribution in [0.5, 0.6) is 0 Å². The topological polar surface area (TPSA) is 38.9 Å². The van der Waals surface area contributed by atoms with Gasteiger partial charge in [0, 0.05) is 6.20 Å². The number of nitrogens with zero attached hydrogens (tertiary/aromatic N) is 1. The van der Waals surface area contributed by atoms with Crippen LogP contribution in [0, 0.1) is 0 Å². The number of aromatic nitrogens is 1. The van der Waals surface area contributed by atoms with Crippen LogP contribution in [0.1, 0.15) is 6.42 Å². The molecule has 0 bridgehead atoms. The molecule has 0 aliphatic rings. The Bertz CT molecular complexity index is 329. The molecular formula is C9H10ClF3N2S. The lowest BCUT2D eigenvalue weighted by atomic mass is 10.3. The van der Waals surface area contributed by atoms with Gasteiger partial charge in [0.05, 0.1) is 10.0 Å². The van der Waals surface area contributed by atoms with Crippen molar-refractivity contribution < 1.29 is 13.2 Å². The van der Waals surface area contributed by atoms with Crippen LogP contribution >= 0.6 is 23.4 Å². The molecule has 0 aliphatic carbocycles. The highest BCUT2D eigenvalue weighted by Gasteiger charge is 2.39. The minimum atomic E-state index is -4.27. The van der Waals surface area contributed by atoms with Crippen LogP contribution in [-0.4, -0.2) is 23.0 Å². The van der Waals surface area contributed by atoms with Crippen molar-refractivity contribution in [3.63, 3.8) is 0 Å². The van der Waals surface area contributed by atoms with Crippen molar-refractivity contribution in [3.8, 4) is 0 Å². The molecule has 0 saturated heterocycles. The second kappa shape index (κ2) is 5.75. The lowest BCUT2D eigenvalue weighted by Gasteiger charge is -2.18. The maximum atomic E-state index is 12.5. The molecule has 1 aromatic rings. The first-order valence-electron chi connectivity index (χ1n) is 4.48. The Labute approximate surface area is 100 Å². The largest absolute Gasteiger partial charge is 0.401 e. The number of alkyl halides is 3. The second-order valence-electron chi connectivity index (χ2n) is 3.04. The Balaban J connectivity index is 2.72. The summed E-state index contributed by atoms with van der Waals surface area (Å²) in [5.41, 5.74) is 5.15. The molecule has 0 saturated carbocycles. The standard InChI is InChI=1S/C9H10ClF3N2S/c10-6-1-2-8(15-5-6)16-7(3-4-14)9(11,12)13/h1-2,5,7H,3-4,14H2. The van der Waals surface area contributed by atoms with Gasteiger partial charge in [-0.25, -0.2) is 4.98 Å². The number of rotatable bonds is 4. The van der Waals surface area contributed by atoms with Gasteiger partial charge in [0.2, 0.25) is 0 Å². The first-order valence-corrected chi connectivity index (χ1v) is 5.74. The Morgan fingerprint density at radius 1 is 1.44 bits per heavy atom. The predicted molar refractivity (Wildman–Crippen MR) is 58.6 cm³/mol. The van der Waals surface area contributed by atoms with Gasteiger partial charge in [0.15, 0.2) is 0 Å². The molecule has 2 nitrogen and oxygen atoms in total. The summed E-state index contributed by atoms with van der Waals surface area (Å²) in [7, 11) is 0. The van der Waals surface area contributed by atoms with Gasteiger partial charge >= 0.3 is 6.18 Å². The molecule has 0 fully saturated rings. The summed E-state index contributed by atoms with van der Waals surface area (Å²) in [4.78, 5) is 3.80. The highest BCUT2D eigenvalue weighted by atomic mass is 35.5. The van der Waals surface area contributed by atoms with E-state index in [2.05, 4.69) is 4.98 Å². The predicted octanol–water partition coefficient (Wildman–Crippen LogP) is 3.11. The SMILES string of the molecule is NCCC(Sc1ccc(Cl)cn1)C(F)(F)F. The summed E-state index contributed by atoms with van der Waals surface area (Å²) in [5, 5.41) is -0.835. The summed E-state index contributed by atoms with van der Waals surface area (Å²) in [6, 6.07) is 2.97. The summed E-state index contributed by atoms with van der Waals surface area (Å²) < 4.78 is 37.6. The Kier molecular flexibility index (Phi) is 4.89. The third-order valence-electron chi connectivity index (χ3n) is 1.76. The van der Waals surface area contributed by atoms with E-state index < -0.39 is 11.4 Å². The zero-order valence-electron chi connectivity index (χ0n) is 8.17.